The van der Waals surface area contributed by atoms with Crippen molar-refractivity contribution in [2.75, 3.05) is 0 Å². The Kier molecular flexibility index (Phi) is 16.4. The van der Waals surface area contributed by atoms with Crippen molar-refractivity contribution in [1.29, 1.82) is 0 Å². The van der Waals surface area contributed by atoms with Crippen LogP contribution in [0, 0.1) is 0 Å². The number of hydrogen-bond acceptors (Lipinski definition) is 8. The number of hydrogen-bond donors (Lipinski definition) is 0. The molecule has 604 valence electrons. The quantitative estimate of drug-likeness (QED) is 0.134. The van der Waals surface area contributed by atoms with Crippen LogP contribution in [0.4, 0.5) is 0 Å². The van der Waals surface area contributed by atoms with Crippen LogP contribution in [0.3, 0.4) is 0 Å². The molecule has 0 atom stereocenters. The molecule has 8 heterocycles. The van der Waals surface area contributed by atoms with E-state index in [4.69, 9.17) is 34.3 Å². The number of benzene rings is 20. The highest BCUT2D eigenvalue weighted by Gasteiger charge is 2.27. The zero-order chi connectivity index (χ0) is 85.2. The fraction of sp³-hybridized carbons (Fsp3) is 0. The third-order valence-corrected chi connectivity index (χ3v) is 27.6. The van der Waals surface area contributed by atoms with Gasteiger partial charge in [-0.1, -0.05) is 328 Å². The predicted molar refractivity (Wildman–Crippen MR) is 540 cm³/mol. The Morgan fingerprint density at radius 3 is 0.885 bits per heavy atom. The van der Waals surface area contributed by atoms with Gasteiger partial charge in [-0.25, -0.2) is 9.97 Å². The average molecular weight is 1680 g/mol. The van der Waals surface area contributed by atoms with Gasteiger partial charge in [0.15, 0.2) is 28.9 Å². The molecule has 28 rings (SSSR count). The van der Waals surface area contributed by atoms with Crippen LogP contribution in [0.1, 0.15) is 0 Å². The molecular formula is C118H70N10OS. The van der Waals surface area contributed by atoms with Crippen molar-refractivity contribution in [3.05, 3.63) is 425 Å². The van der Waals surface area contributed by atoms with Gasteiger partial charge < -0.3 is 13.6 Å². The van der Waals surface area contributed by atoms with Crippen molar-refractivity contribution in [3.8, 4) is 91.1 Å². The van der Waals surface area contributed by atoms with Gasteiger partial charge in [0, 0.05) is 91.6 Å². The summed E-state index contributed by atoms with van der Waals surface area (Å²) in [6, 6.07) is 151. The van der Waals surface area contributed by atoms with Gasteiger partial charge >= 0.3 is 0 Å². The Balaban J connectivity index is 0.000000134. The summed E-state index contributed by atoms with van der Waals surface area (Å²) in [7, 11) is 0. The van der Waals surface area contributed by atoms with Gasteiger partial charge in [-0.3, -0.25) is 9.13 Å². The summed E-state index contributed by atoms with van der Waals surface area (Å²) in [5.74, 6) is 3.66. The van der Waals surface area contributed by atoms with Crippen molar-refractivity contribution in [3.63, 3.8) is 0 Å². The van der Waals surface area contributed by atoms with E-state index in [0.717, 1.165) is 170 Å². The van der Waals surface area contributed by atoms with Crippen molar-refractivity contribution in [2.24, 2.45) is 0 Å². The summed E-state index contributed by atoms with van der Waals surface area (Å²) in [5.41, 5.74) is 21.2. The highest BCUT2D eigenvalue weighted by atomic mass is 32.1. The third kappa shape index (κ3) is 11.5. The fourth-order valence-electron chi connectivity index (χ4n) is 20.5. The Hall–Kier alpha value is -17.3. The minimum absolute atomic E-state index is 0.568. The van der Waals surface area contributed by atoms with E-state index < -0.39 is 0 Å². The monoisotopic (exact) mass is 1670 g/mol. The molecule has 0 aliphatic carbocycles. The minimum atomic E-state index is 0.568. The molecule has 130 heavy (non-hydrogen) atoms. The summed E-state index contributed by atoms with van der Waals surface area (Å²) in [4.78, 5) is 31.9. The molecule has 0 aliphatic heterocycles. The molecule has 0 fully saturated rings. The van der Waals surface area contributed by atoms with Gasteiger partial charge in [-0.15, -0.1) is 11.3 Å². The number of furan rings is 1. The van der Waals surface area contributed by atoms with Crippen LogP contribution in [0.25, 0.3) is 264 Å². The van der Waals surface area contributed by atoms with E-state index in [9.17, 15) is 0 Å². The summed E-state index contributed by atoms with van der Waals surface area (Å²) in [6.45, 7) is 0. The van der Waals surface area contributed by atoms with Crippen LogP contribution >= 0.6 is 11.3 Å². The van der Waals surface area contributed by atoms with E-state index in [1.807, 2.05) is 23.5 Å². The molecule has 20 aromatic carbocycles. The molecule has 0 saturated carbocycles. The lowest BCUT2D eigenvalue weighted by molar-refractivity contribution is 0.666. The van der Waals surface area contributed by atoms with E-state index in [-0.39, 0.29) is 0 Å². The molecule has 12 heteroatoms. The van der Waals surface area contributed by atoms with Crippen molar-refractivity contribution >= 4 is 184 Å². The summed E-state index contributed by atoms with van der Waals surface area (Å²) < 4.78 is 18.4. The first-order valence-corrected chi connectivity index (χ1v) is 44.7. The van der Waals surface area contributed by atoms with Crippen LogP contribution in [-0.2, 0) is 0 Å². The molecule has 0 aliphatic rings. The summed E-state index contributed by atoms with van der Waals surface area (Å²) >= 11 is 1.87. The topological polar surface area (TPSA) is 110 Å². The second kappa shape index (κ2) is 29.1. The van der Waals surface area contributed by atoms with Crippen molar-refractivity contribution in [1.82, 2.24) is 48.2 Å². The van der Waals surface area contributed by atoms with Crippen LogP contribution in [0.15, 0.2) is 429 Å². The second-order valence-electron chi connectivity index (χ2n) is 33.5. The highest BCUT2D eigenvalue weighted by Crippen LogP contribution is 2.47. The maximum absolute atomic E-state index is 6.56. The maximum Gasteiger partial charge on any atom is 0.238 e. The second-order valence-corrected chi connectivity index (χ2v) is 34.6. The number of nitrogens with zero attached hydrogens (tertiary/aromatic N) is 10. The lowest BCUT2D eigenvalue weighted by atomic mass is 10.0. The Morgan fingerprint density at radius 2 is 0.477 bits per heavy atom. The lowest BCUT2D eigenvalue weighted by Crippen LogP contribution is -2.06. The molecule has 0 bridgehead atoms. The summed E-state index contributed by atoms with van der Waals surface area (Å²) in [5, 5.41) is 23.1. The molecule has 0 spiro atoms. The van der Waals surface area contributed by atoms with Gasteiger partial charge in [0.05, 0.1) is 60.2 Å². The van der Waals surface area contributed by atoms with E-state index in [1.54, 1.807) is 0 Å². The molecule has 8 aromatic heterocycles. The summed E-state index contributed by atoms with van der Waals surface area (Å²) in [6.07, 6.45) is 0. The van der Waals surface area contributed by atoms with Gasteiger partial charge in [-0.2, -0.15) is 19.9 Å². The van der Waals surface area contributed by atoms with Crippen molar-refractivity contribution < 1.29 is 4.42 Å². The van der Waals surface area contributed by atoms with E-state index in [1.165, 1.54) is 58.4 Å². The zero-order valence-corrected chi connectivity index (χ0v) is 70.5. The van der Waals surface area contributed by atoms with E-state index in [2.05, 4.69) is 431 Å². The Morgan fingerprint density at radius 1 is 0.192 bits per heavy atom. The number of para-hydroxylation sites is 6. The van der Waals surface area contributed by atoms with Crippen LogP contribution in [0.2, 0.25) is 0 Å². The van der Waals surface area contributed by atoms with E-state index >= 15 is 0 Å². The fourth-order valence-corrected chi connectivity index (χ4v) is 21.7. The molecular weight excluding hydrogens is 1610 g/mol. The normalized spacial score (nSPS) is 12.0. The SMILES string of the molecule is c1ccc2c(-c3nc(-c4cccc5ccccc45)nc(-n4c5ccccc5c5cc(-c6ccc7c(c6)c6ccccc6n7-c6cccc7c6oc6ccccc67)ccc54)n3)cccc2c1.c1ccc2c(-c3nc(-c4cccc5ccccc45)nc(-n4c5ccccc5c5cc(-c6ccc7c(c6)c6ccccc6n7-c6cccc7c6sc6ccccc67)ccc54)n3)cccc2c1. The number of thiophene rings is 1. The first kappa shape index (κ1) is 73.1. The Bertz CT molecular complexity index is 8870. The number of rotatable bonds is 10. The van der Waals surface area contributed by atoms with Gasteiger partial charge in [0.25, 0.3) is 0 Å². The molecule has 11 nitrogen and oxygen atoms in total. The minimum Gasteiger partial charge on any atom is -0.454 e. The average Bonchev–Trinajstić information content (AvgIpc) is 1.57. The lowest BCUT2D eigenvalue weighted by Gasteiger charge is -2.13. The first-order chi connectivity index (χ1) is 64.5. The predicted octanol–water partition coefficient (Wildman–Crippen LogP) is 31.0. The molecule has 28 aromatic rings. The smallest absolute Gasteiger partial charge is 0.238 e. The Labute approximate surface area is 746 Å². The van der Waals surface area contributed by atoms with Gasteiger partial charge in [0.2, 0.25) is 11.9 Å². The standard InChI is InChI=1S/C59H35N5O.C59H35N5S/c2*1-3-18-40-36(14-1)16-11-24-46(40)57-60-58(47-25-12-17-37-15-2-4-19-41(37)47)62-59(61-57)64-51-27-9-6-21-43(51)49-35-39(31-33-53(49)64)38-30-32-52-48(34-38)42-20-5-8-26-50(42)63(52)54-28-13-23-45-44-22-7-10-29-55(44)65-56(45)54/h2*1-35H. The van der Waals surface area contributed by atoms with E-state index in [0.29, 0.717) is 35.2 Å². The zero-order valence-electron chi connectivity index (χ0n) is 69.7. The van der Waals surface area contributed by atoms with Crippen LogP contribution in [0.5, 0.6) is 0 Å². The van der Waals surface area contributed by atoms with Crippen LogP contribution < -0.4 is 0 Å². The third-order valence-electron chi connectivity index (χ3n) is 26.4. The van der Waals surface area contributed by atoms with Crippen molar-refractivity contribution in [2.45, 2.75) is 0 Å². The number of aromatic nitrogens is 10. The molecule has 0 N–H and O–H groups in total. The highest BCUT2D eigenvalue weighted by molar-refractivity contribution is 7.26. The first-order valence-electron chi connectivity index (χ1n) is 43.9. The molecule has 0 radical (unpaired) electrons. The molecule has 0 saturated heterocycles. The largest absolute Gasteiger partial charge is 0.454 e. The molecule has 0 unspecified atom stereocenters. The number of fused-ring (bicyclic) bond motifs is 22. The van der Waals surface area contributed by atoms with Crippen LogP contribution in [-0.4, -0.2) is 48.2 Å². The molecule has 0 amide bonds. The van der Waals surface area contributed by atoms with Gasteiger partial charge in [-0.05, 0) is 162 Å². The van der Waals surface area contributed by atoms with Gasteiger partial charge in [0.1, 0.15) is 5.58 Å². The maximum atomic E-state index is 6.56.